The van der Waals surface area contributed by atoms with E-state index in [1.54, 1.807) is 19.9 Å². The Labute approximate surface area is 146 Å². The largest absolute Gasteiger partial charge is 0.507 e. The number of ether oxygens (including phenoxy) is 1. The fraction of sp³-hybridized carbons (Fsp3) is 0.550. The molecule has 1 saturated heterocycles. The molecule has 0 radical (unpaired) electrons. The second-order valence-electron chi connectivity index (χ2n) is 8.21. The predicted octanol–water partition coefficient (Wildman–Crippen LogP) is 2.96. The Balaban J connectivity index is 1.89. The number of ketones is 2. The highest BCUT2D eigenvalue weighted by molar-refractivity contribution is 6.50. The second-order valence-corrected chi connectivity index (χ2v) is 8.21. The van der Waals surface area contributed by atoms with Crippen molar-refractivity contribution in [2.24, 2.45) is 17.3 Å². The van der Waals surface area contributed by atoms with E-state index in [4.69, 9.17) is 4.74 Å². The van der Waals surface area contributed by atoms with E-state index in [1.807, 2.05) is 13.0 Å². The van der Waals surface area contributed by atoms with Gasteiger partial charge >= 0.3 is 5.97 Å². The monoisotopic (exact) mass is 342 g/mol. The number of hydrogen-bond donors (Lipinski definition) is 1. The fourth-order valence-corrected chi connectivity index (χ4v) is 5.07. The summed E-state index contributed by atoms with van der Waals surface area (Å²) in [6.07, 6.45) is 6.08. The van der Waals surface area contributed by atoms with Crippen molar-refractivity contribution in [3.63, 3.8) is 0 Å². The van der Waals surface area contributed by atoms with Crippen molar-refractivity contribution in [1.82, 2.24) is 0 Å². The number of aliphatic hydroxyl groups excluding tert-OH is 1. The molecule has 1 aliphatic heterocycles. The molecule has 1 saturated carbocycles. The molecular formula is C20H22O5. The highest BCUT2D eigenvalue weighted by Crippen LogP contribution is 2.59. The zero-order valence-electron chi connectivity index (χ0n) is 14.7. The zero-order chi connectivity index (χ0) is 18.1. The van der Waals surface area contributed by atoms with Crippen LogP contribution in [-0.2, 0) is 19.1 Å². The summed E-state index contributed by atoms with van der Waals surface area (Å²) in [6.45, 7) is 5.48. The Morgan fingerprint density at radius 2 is 1.92 bits per heavy atom. The van der Waals surface area contributed by atoms with Gasteiger partial charge in [-0.1, -0.05) is 26.0 Å². The van der Waals surface area contributed by atoms with Crippen molar-refractivity contribution in [2.45, 2.75) is 52.1 Å². The third-order valence-electron chi connectivity index (χ3n) is 6.38. The van der Waals surface area contributed by atoms with Gasteiger partial charge in [-0.2, -0.15) is 0 Å². The van der Waals surface area contributed by atoms with Gasteiger partial charge in [0.25, 0.3) is 0 Å². The molecule has 25 heavy (non-hydrogen) atoms. The number of aliphatic hydroxyl groups is 1. The van der Waals surface area contributed by atoms with Gasteiger partial charge in [0.1, 0.15) is 11.4 Å². The summed E-state index contributed by atoms with van der Waals surface area (Å²) in [4.78, 5) is 37.7. The number of rotatable bonds is 1. The van der Waals surface area contributed by atoms with Crippen LogP contribution >= 0.6 is 0 Å². The lowest BCUT2D eigenvalue weighted by atomic mass is 9.61. The molecule has 1 N–H and O–H groups in total. The minimum absolute atomic E-state index is 0.103. The second kappa shape index (κ2) is 4.93. The van der Waals surface area contributed by atoms with Crippen LogP contribution in [-0.4, -0.2) is 28.2 Å². The van der Waals surface area contributed by atoms with Crippen LogP contribution in [0.15, 0.2) is 34.6 Å². The number of esters is 1. The van der Waals surface area contributed by atoms with Crippen molar-refractivity contribution in [3.8, 4) is 0 Å². The molecule has 132 valence electrons. The van der Waals surface area contributed by atoms with Crippen LogP contribution in [0.3, 0.4) is 0 Å². The van der Waals surface area contributed by atoms with E-state index < -0.39 is 22.6 Å². The molecule has 0 spiro atoms. The minimum atomic E-state index is -0.775. The van der Waals surface area contributed by atoms with Gasteiger partial charge in [0.2, 0.25) is 11.6 Å². The lowest BCUT2D eigenvalue weighted by molar-refractivity contribution is -0.152. The molecule has 5 nitrogen and oxygen atoms in total. The average Bonchev–Trinajstić information content (AvgIpc) is 2.68. The van der Waals surface area contributed by atoms with Gasteiger partial charge in [-0.3, -0.25) is 14.4 Å². The van der Waals surface area contributed by atoms with Crippen LogP contribution in [0.25, 0.3) is 0 Å². The molecule has 1 heterocycles. The molecule has 2 bridgehead atoms. The highest BCUT2D eigenvalue weighted by atomic mass is 16.6. The Hall–Kier alpha value is -2.17. The zero-order valence-corrected chi connectivity index (χ0v) is 14.7. The van der Waals surface area contributed by atoms with Crippen LogP contribution in [0.5, 0.6) is 0 Å². The molecule has 0 amide bonds. The smallest absolute Gasteiger partial charge is 0.313 e. The Bertz CT molecular complexity index is 812. The molecule has 2 fully saturated rings. The average molecular weight is 342 g/mol. The van der Waals surface area contributed by atoms with Crippen molar-refractivity contribution in [3.05, 3.63) is 34.6 Å². The SMILES string of the molecule is CC(C)C1=C(O)C2=C(C[C@@]34CCC[C@@](C)(C(=O)O3)[C@@H]4C=C2)C(=O)C1=O. The fourth-order valence-electron chi connectivity index (χ4n) is 5.07. The molecule has 0 aromatic heterocycles. The lowest BCUT2D eigenvalue weighted by Crippen LogP contribution is -2.43. The molecule has 0 aromatic carbocycles. The topological polar surface area (TPSA) is 80.7 Å². The summed E-state index contributed by atoms with van der Waals surface area (Å²) in [5.74, 6) is -1.93. The van der Waals surface area contributed by atoms with Gasteiger partial charge in [-0.25, -0.2) is 0 Å². The van der Waals surface area contributed by atoms with Crippen LogP contribution in [0.1, 0.15) is 46.5 Å². The predicted molar refractivity (Wildman–Crippen MR) is 89.6 cm³/mol. The van der Waals surface area contributed by atoms with Crippen LogP contribution in [0, 0.1) is 17.3 Å². The summed E-state index contributed by atoms with van der Waals surface area (Å²) in [5.41, 5.74) is -0.504. The van der Waals surface area contributed by atoms with Crippen molar-refractivity contribution in [1.29, 1.82) is 0 Å². The van der Waals surface area contributed by atoms with Gasteiger partial charge in [0.05, 0.1) is 5.41 Å². The van der Waals surface area contributed by atoms with Crippen LogP contribution in [0.4, 0.5) is 0 Å². The number of carbonyl (C=O) groups excluding carboxylic acids is 3. The van der Waals surface area contributed by atoms with Crippen molar-refractivity contribution >= 4 is 17.5 Å². The maximum atomic E-state index is 12.8. The third-order valence-corrected chi connectivity index (χ3v) is 6.38. The van der Waals surface area contributed by atoms with E-state index >= 15 is 0 Å². The van der Waals surface area contributed by atoms with E-state index in [-0.39, 0.29) is 41.1 Å². The summed E-state index contributed by atoms with van der Waals surface area (Å²) < 4.78 is 5.82. The lowest BCUT2D eigenvalue weighted by Gasteiger charge is -2.39. The van der Waals surface area contributed by atoms with E-state index in [1.165, 1.54) is 0 Å². The summed E-state index contributed by atoms with van der Waals surface area (Å²) in [7, 11) is 0. The molecule has 4 aliphatic rings. The van der Waals surface area contributed by atoms with Gasteiger partial charge in [-0.15, -0.1) is 0 Å². The number of allylic oxidation sites excluding steroid dienone is 2. The molecular weight excluding hydrogens is 320 g/mol. The number of carbonyl (C=O) groups is 3. The van der Waals surface area contributed by atoms with Crippen molar-refractivity contribution < 1.29 is 24.2 Å². The standard InChI is InChI=1S/C20H22O5/c1-10(2)14-15(21)11-5-6-13-19(3)7-4-8-20(13,25-18(19)24)9-12(11)16(22)17(14)23/h5-6,10,13,21H,4,7-9H2,1-3H3/t13-,19+,20+/m0/s1. The van der Waals surface area contributed by atoms with Gasteiger partial charge in [0.15, 0.2) is 0 Å². The first kappa shape index (κ1) is 16.3. The first-order chi connectivity index (χ1) is 11.7. The molecule has 0 aromatic rings. The van der Waals surface area contributed by atoms with E-state index in [9.17, 15) is 19.5 Å². The third kappa shape index (κ3) is 1.92. The quantitative estimate of drug-likeness (QED) is 0.450. The Morgan fingerprint density at radius 3 is 2.60 bits per heavy atom. The Morgan fingerprint density at radius 1 is 1.20 bits per heavy atom. The normalized spacial score (nSPS) is 37.3. The molecule has 0 unspecified atom stereocenters. The number of hydrogen-bond acceptors (Lipinski definition) is 5. The first-order valence-corrected chi connectivity index (χ1v) is 8.88. The van der Waals surface area contributed by atoms with Crippen LogP contribution < -0.4 is 0 Å². The molecule has 4 rings (SSSR count). The van der Waals surface area contributed by atoms with Gasteiger partial charge in [0, 0.05) is 29.1 Å². The highest BCUT2D eigenvalue weighted by Gasteiger charge is 2.64. The summed E-state index contributed by atoms with van der Waals surface area (Å²) in [6, 6.07) is 0. The molecule has 3 atom stereocenters. The number of Topliss-reactive ketones (excluding diaryl/α,β-unsaturated/α-hetero) is 2. The van der Waals surface area contributed by atoms with Crippen molar-refractivity contribution in [2.75, 3.05) is 0 Å². The Kier molecular flexibility index (Phi) is 3.22. The van der Waals surface area contributed by atoms with Gasteiger partial charge < -0.3 is 9.84 Å². The molecule has 5 heteroatoms. The summed E-state index contributed by atoms with van der Waals surface area (Å²) >= 11 is 0. The maximum Gasteiger partial charge on any atom is 0.313 e. The molecule has 3 aliphatic carbocycles. The maximum absolute atomic E-state index is 12.8. The van der Waals surface area contributed by atoms with E-state index in [0.717, 1.165) is 12.8 Å². The van der Waals surface area contributed by atoms with E-state index in [0.29, 0.717) is 12.0 Å². The van der Waals surface area contributed by atoms with Crippen LogP contribution in [0.2, 0.25) is 0 Å². The minimum Gasteiger partial charge on any atom is -0.507 e. The first-order valence-electron chi connectivity index (χ1n) is 8.88. The summed E-state index contributed by atoms with van der Waals surface area (Å²) in [5, 5.41) is 10.7. The van der Waals surface area contributed by atoms with E-state index in [2.05, 4.69) is 0 Å². The van der Waals surface area contributed by atoms with Gasteiger partial charge in [-0.05, 0) is 32.1 Å².